The van der Waals surface area contributed by atoms with Crippen molar-refractivity contribution in [1.82, 2.24) is 40.0 Å². The van der Waals surface area contributed by atoms with E-state index in [4.69, 9.17) is 0 Å². The standard InChI is InChI=1S/C43H43N11O5/c55-36-13-12-35(41(57)49-36)54-42(58)33-11-10-30(21-34(33)43(54)59)50-14-16-51(17-15-50)32-22-52(23-32)29-8-6-27(7-9-29)48-39-38-40(45-24-44-39)53(25-46-38)31-19-28(20-31)47-37(56)18-26-4-2-1-3-5-26/h1-11,21,24-25,28,31-32,35H,12-20,22-23H2,(H,47,56)(H,44,45,48)(H,49,55,57). The summed E-state index contributed by atoms with van der Waals surface area (Å²) in [5.74, 6) is -1.29. The molecule has 16 heteroatoms. The smallest absolute Gasteiger partial charge is 0.262 e. The molecule has 4 aliphatic heterocycles. The van der Waals surface area contributed by atoms with Gasteiger partial charge in [0, 0.05) is 80.9 Å². The zero-order valence-electron chi connectivity index (χ0n) is 32.3. The predicted octanol–water partition coefficient (Wildman–Crippen LogP) is 3.04. The van der Waals surface area contributed by atoms with E-state index in [1.807, 2.05) is 42.7 Å². The van der Waals surface area contributed by atoms with Crippen LogP contribution in [0.4, 0.5) is 22.9 Å². The van der Waals surface area contributed by atoms with Gasteiger partial charge in [-0.2, -0.15) is 0 Å². The van der Waals surface area contributed by atoms with E-state index in [1.165, 1.54) is 0 Å². The molecule has 3 saturated heterocycles. The quantitative estimate of drug-likeness (QED) is 0.177. The second-order valence-electron chi connectivity index (χ2n) is 16.0. The van der Waals surface area contributed by atoms with Crippen molar-refractivity contribution in [3.8, 4) is 0 Å². The highest BCUT2D eigenvalue weighted by molar-refractivity contribution is 6.23. The van der Waals surface area contributed by atoms with E-state index in [2.05, 4.69) is 74.4 Å². The van der Waals surface area contributed by atoms with Gasteiger partial charge in [-0.1, -0.05) is 30.3 Å². The zero-order chi connectivity index (χ0) is 40.2. The number of aromatic nitrogens is 4. The molecule has 1 saturated carbocycles. The Morgan fingerprint density at radius 3 is 2.29 bits per heavy atom. The molecule has 3 N–H and O–H groups in total. The van der Waals surface area contributed by atoms with Crippen molar-refractivity contribution in [2.75, 3.05) is 54.4 Å². The largest absolute Gasteiger partial charge is 0.369 e. The van der Waals surface area contributed by atoms with E-state index < -0.39 is 29.7 Å². The summed E-state index contributed by atoms with van der Waals surface area (Å²) in [7, 11) is 0. The summed E-state index contributed by atoms with van der Waals surface area (Å²) in [6.45, 7) is 5.20. The average molecular weight is 794 g/mol. The molecular weight excluding hydrogens is 751 g/mol. The second kappa shape index (κ2) is 14.9. The summed E-state index contributed by atoms with van der Waals surface area (Å²) >= 11 is 0. The number of rotatable bonds is 10. The number of nitrogens with one attached hydrogen (secondary N) is 3. The van der Waals surface area contributed by atoms with Crippen LogP contribution in [0.5, 0.6) is 0 Å². The van der Waals surface area contributed by atoms with Crippen molar-refractivity contribution in [2.45, 2.75) is 56.3 Å². The summed E-state index contributed by atoms with van der Waals surface area (Å²) in [6.07, 6.45) is 5.63. The first-order valence-corrected chi connectivity index (χ1v) is 20.2. The average Bonchev–Trinajstić information content (AvgIpc) is 3.75. The minimum Gasteiger partial charge on any atom is -0.369 e. The maximum Gasteiger partial charge on any atom is 0.262 e. The van der Waals surface area contributed by atoms with Gasteiger partial charge in [0.15, 0.2) is 17.0 Å². The number of hydrogen-bond acceptors (Lipinski definition) is 12. The van der Waals surface area contributed by atoms with Crippen LogP contribution in [0.15, 0.2) is 85.5 Å². The highest BCUT2D eigenvalue weighted by atomic mass is 16.2. The van der Waals surface area contributed by atoms with Crippen LogP contribution < -0.4 is 25.8 Å². The molecular formula is C43H43N11O5. The Morgan fingerprint density at radius 2 is 1.53 bits per heavy atom. The molecule has 0 bridgehead atoms. The Morgan fingerprint density at radius 1 is 0.780 bits per heavy atom. The Bertz CT molecular complexity index is 2470. The van der Waals surface area contributed by atoms with Gasteiger partial charge in [-0.15, -0.1) is 0 Å². The van der Waals surface area contributed by atoms with Crippen LogP contribution in [0.25, 0.3) is 11.2 Å². The molecule has 3 aromatic carbocycles. The Balaban J connectivity index is 0.697. The fraction of sp³-hybridized carbons (Fsp3) is 0.349. The lowest BCUT2D eigenvalue weighted by molar-refractivity contribution is -0.136. The number of anilines is 4. The maximum atomic E-state index is 13.3. The second-order valence-corrected chi connectivity index (χ2v) is 16.0. The Kier molecular flexibility index (Phi) is 9.27. The molecule has 0 spiro atoms. The summed E-state index contributed by atoms with van der Waals surface area (Å²) < 4.78 is 2.09. The van der Waals surface area contributed by atoms with Gasteiger partial charge in [0.2, 0.25) is 17.7 Å². The molecule has 0 radical (unpaired) electrons. The number of amides is 5. The number of imide groups is 2. The molecule has 1 atom stereocenters. The number of carbonyl (C=O) groups excluding carboxylic acids is 5. The van der Waals surface area contributed by atoms with E-state index in [0.29, 0.717) is 34.9 Å². The minimum absolute atomic E-state index is 0.0396. The van der Waals surface area contributed by atoms with Crippen LogP contribution in [0.2, 0.25) is 0 Å². The van der Waals surface area contributed by atoms with Gasteiger partial charge in [0.25, 0.3) is 11.8 Å². The van der Waals surface area contributed by atoms with Crippen molar-refractivity contribution in [3.63, 3.8) is 0 Å². The van der Waals surface area contributed by atoms with Crippen molar-refractivity contribution in [1.29, 1.82) is 0 Å². The first kappa shape index (κ1) is 36.6. The number of benzene rings is 3. The van der Waals surface area contributed by atoms with Gasteiger partial charge in [-0.05, 0) is 67.3 Å². The lowest BCUT2D eigenvalue weighted by Gasteiger charge is -2.49. The van der Waals surface area contributed by atoms with E-state index in [1.54, 1.807) is 18.5 Å². The van der Waals surface area contributed by atoms with E-state index >= 15 is 0 Å². The van der Waals surface area contributed by atoms with Crippen molar-refractivity contribution >= 4 is 63.6 Å². The minimum atomic E-state index is -0.975. The molecule has 5 aliphatic rings. The fourth-order valence-electron chi connectivity index (χ4n) is 8.99. The van der Waals surface area contributed by atoms with E-state index in [0.717, 1.165) is 85.3 Å². The monoisotopic (exact) mass is 793 g/mol. The predicted molar refractivity (Wildman–Crippen MR) is 218 cm³/mol. The van der Waals surface area contributed by atoms with Crippen molar-refractivity contribution in [3.05, 3.63) is 102 Å². The first-order valence-electron chi connectivity index (χ1n) is 20.2. The zero-order valence-corrected chi connectivity index (χ0v) is 32.3. The summed E-state index contributed by atoms with van der Waals surface area (Å²) in [4.78, 5) is 84.9. The van der Waals surface area contributed by atoms with Gasteiger partial charge in [0.1, 0.15) is 12.4 Å². The third kappa shape index (κ3) is 6.92. The summed E-state index contributed by atoms with van der Waals surface area (Å²) in [5.41, 5.74) is 6.01. The fourth-order valence-corrected chi connectivity index (χ4v) is 8.99. The number of nitrogens with zero attached hydrogens (tertiary/aromatic N) is 8. The molecule has 4 fully saturated rings. The molecule has 2 aromatic heterocycles. The number of imidazole rings is 1. The van der Waals surface area contributed by atoms with Crippen LogP contribution in [0.3, 0.4) is 0 Å². The number of carbonyl (C=O) groups is 5. The van der Waals surface area contributed by atoms with Crippen molar-refractivity contribution < 1.29 is 24.0 Å². The van der Waals surface area contributed by atoms with E-state index in [-0.39, 0.29) is 30.8 Å². The molecule has 16 nitrogen and oxygen atoms in total. The van der Waals surface area contributed by atoms with Gasteiger partial charge in [-0.3, -0.25) is 39.1 Å². The molecule has 59 heavy (non-hydrogen) atoms. The third-order valence-corrected chi connectivity index (χ3v) is 12.4. The molecule has 6 heterocycles. The SMILES string of the molecule is O=C1CCC(N2C(=O)c3ccc(N4CCN(C5CN(c6ccc(Nc7ncnc8c7ncn8C7CC(NC(=O)Cc8ccccc8)C7)cc6)C5)CC4)cc3C2=O)C(=O)N1. The maximum absolute atomic E-state index is 13.3. The van der Waals surface area contributed by atoms with E-state index in [9.17, 15) is 24.0 Å². The number of fused-ring (bicyclic) bond motifs is 2. The van der Waals surface area contributed by atoms with Crippen LogP contribution >= 0.6 is 0 Å². The van der Waals surface area contributed by atoms with Gasteiger partial charge in [0.05, 0.1) is 23.9 Å². The highest BCUT2D eigenvalue weighted by Crippen LogP contribution is 2.36. The van der Waals surface area contributed by atoms with Gasteiger partial charge >= 0.3 is 0 Å². The third-order valence-electron chi connectivity index (χ3n) is 12.4. The highest BCUT2D eigenvalue weighted by Gasteiger charge is 2.45. The summed E-state index contributed by atoms with van der Waals surface area (Å²) in [6, 6.07) is 23.3. The van der Waals surface area contributed by atoms with Crippen LogP contribution in [0.1, 0.15) is 58.0 Å². The Labute approximate surface area is 339 Å². The normalized spacial score (nSPS) is 22.2. The molecule has 300 valence electrons. The van der Waals surface area contributed by atoms with Gasteiger partial charge in [-0.25, -0.2) is 15.0 Å². The topological polar surface area (TPSA) is 178 Å². The number of hydrogen-bond donors (Lipinski definition) is 3. The molecule has 5 amide bonds. The molecule has 10 rings (SSSR count). The molecule has 1 unspecified atom stereocenters. The lowest BCUT2D eigenvalue weighted by Crippen LogP contribution is -2.63. The number of piperidine rings is 1. The summed E-state index contributed by atoms with van der Waals surface area (Å²) in [5, 5.41) is 8.83. The first-order chi connectivity index (χ1) is 28.8. The number of piperazine rings is 1. The van der Waals surface area contributed by atoms with Crippen LogP contribution in [0, 0.1) is 0 Å². The van der Waals surface area contributed by atoms with Crippen LogP contribution in [-0.4, -0.2) is 116 Å². The van der Waals surface area contributed by atoms with Crippen molar-refractivity contribution in [2.24, 2.45) is 0 Å². The Hall–Kier alpha value is -6.68. The molecule has 1 aliphatic carbocycles. The lowest BCUT2D eigenvalue weighted by atomic mass is 9.86. The van der Waals surface area contributed by atoms with Gasteiger partial charge < -0.3 is 25.0 Å². The molecule has 5 aromatic rings. The van der Waals surface area contributed by atoms with Crippen LogP contribution in [-0.2, 0) is 20.8 Å².